The number of aromatic amines is 1. The number of carbonyl (C=O) groups is 1. The lowest BCUT2D eigenvalue weighted by atomic mass is 9.71. The summed E-state index contributed by atoms with van der Waals surface area (Å²) in [6.45, 7) is 4.78. The van der Waals surface area contributed by atoms with Crippen LogP contribution < -0.4 is 4.74 Å². The van der Waals surface area contributed by atoms with Crippen LogP contribution in [-0.2, 0) is 5.41 Å². The smallest absolute Gasteiger partial charge is 0.195 e. The van der Waals surface area contributed by atoms with E-state index in [1.165, 1.54) is 0 Å². The number of nitriles is 1. The van der Waals surface area contributed by atoms with Gasteiger partial charge >= 0.3 is 0 Å². The Labute approximate surface area is 159 Å². The first-order valence-corrected chi connectivity index (χ1v) is 9.54. The second-order valence-electron chi connectivity index (χ2n) is 6.95. The summed E-state index contributed by atoms with van der Waals surface area (Å²) in [5.74, 6) is 0.771. The zero-order valence-corrected chi connectivity index (χ0v) is 16.1. The number of hydrogen-bond acceptors (Lipinski definition) is 3. The van der Waals surface area contributed by atoms with Crippen LogP contribution in [0.2, 0.25) is 0 Å². The number of halogens is 1. The van der Waals surface area contributed by atoms with Crippen LogP contribution in [0.4, 0.5) is 0 Å². The van der Waals surface area contributed by atoms with Crippen LogP contribution in [-0.4, -0.2) is 22.7 Å². The van der Waals surface area contributed by atoms with Crippen molar-refractivity contribution in [1.82, 2.24) is 4.98 Å². The first-order valence-electron chi connectivity index (χ1n) is 8.41. The highest BCUT2D eigenvalue weighted by Crippen LogP contribution is 2.44. The van der Waals surface area contributed by atoms with Gasteiger partial charge in [0.25, 0.3) is 0 Å². The summed E-state index contributed by atoms with van der Waals surface area (Å²) in [5.41, 5.74) is 4.27. The number of carbonyl (C=O) groups excluding carboxylic acids is 1. The summed E-state index contributed by atoms with van der Waals surface area (Å²) in [6.07, 6.45) is 0. The molecule has 1 N–H and O–H groups in total. The van der Waals surface area contributed by atoms with Crippen molar-refractivity contribution in [3.8, 4) is 11.8 Å². The summed E-state index contributed by atoms with van der Waals surface area (Å²) >= 11 is 3.36. The van der Waals surface area contributed by atoms with E-state index in [9.17, 15) is 4.79 Å². The van der Waals surface area contributed by atoms with E-state index in [0.717, 1.165) is 33.2 Å². The van der Waals surface area contributed by atoms with Gasteiger partial charge in [0.1, 0.15) is 5.75 Å². The van der Waals surface area contributed by atoms with E-state index in [1.54, 1.807) is 12.1 Å². The van der Waals surface area contributed by atoms with Crippen LogP contribution >= 0.6 is 15.9 Å². The molecule has 4 rings (SSSR count). The quantitative estimate of drug-likeness (QED) is 0.639. The molecule has 0 atom stereocenters. The van der Waals surface area contributed by atoms with E-state index in [2.05, 4.69) is 40.8 Å². The fraction of sp³-hybridized carbons (Fsp3) is 0.238. The van der Waals surface area contributed by atoms with Crippen molar-refractivity contribution in [3.63, 3.8) is 0 Å². The Hall–Kier alpha value is -2.58. The maximum atomic E-state index is 13.2. The lowest BCUT2D eigenvalue weighted by Gasteiger charge is -2.32. The Morgan fingerprint density at radius 3 is 2.77 bits per heavy atom. The van der Waals surface area contributed by atoms with E-state index in [1.807, 2.05) is 24.3 Å². The van der Waals surface area contributed by atoms with Gasteiger partial charge in [-0.25, -0.2) is 0 Å². The molecule has 4 nitrogen and oxygen atoms in total. The number of rotatable bonds is 3. The van der Waals surface area contributed by atoms with Gasteiger partial charge in [0, 0.05) is 32.9 Å². The van der Waals surface area contributed by atoms with Crippen molar-refractivity contribution < 1.29 is 9.53 Å². The molecule has 1 heterocycles. The number of hydrogen-bond donors (Lipinski definition) is 1. The molecule has 1 aliphatic carbocycles. The van der Waals surface area contributed by atoms with E-state index in [-0.39, 0.29) is 11.2 Å². The van der Waals surface area contributed by atoms with Gasteiger partial charge in [-0.2, -0.15) is 5.26 Å². The van der Waals surface area contributed by atoms with Gasteiger partial charge < -0.3 is 9.72 Å². The molecule has 0 amide bonds. The number of benzene rings is 2. The molecular formula is C21H17BrN2O2. The van der Waals surface area contributed by atoms with Crippen LogP contribution in [0.1, 0.15) is 46.6 Å². The predicted octanol–water partition coefficient (Wildman–Crippen LogP) is 4.68. The van der Waals surface area contributed by atoms with Crippen LogP contribution in [0.15, 0.2) is 36.4 Å². The maximum Gasteiger partial charge on any atom is 0.195 e. The third kappa shape index (κ3) is 2.37. The molecule has 0 fully saturated rings. The Morgan fingerprint density at radius 1 is 1.23 bits per heavy atom. The first kappa shape index (κ1) is 16.9. The molecule has 2 aromatic carbocycles. The van der Waals surface area contributed by atoms with Crippen molar-refractivity contribution in [2.45, 2.75) is 19.3 Å². The molecule has 5 heteroatoms. The van der Waals surface area contributed by atoms with Gasteiger partial charge in [-0.1, -0.05) is 35.8 Å². The third-order valence-electron chi connectivity index (χ3n) is 5.03. The molecule has 0 radical (unpaired) electrons. The summed E-state index contributed by atoms with van der Waals surface area (Å²) in [6, 6.07) is 13.2. The molecule has 0 unspecified atom stereocenters. The summed E-state index contributed by atoms with van der Waals surface area (Å²) in [5, 5.41) is 10.8. The number of nitrogens with one attached hydrogen (secondary N) is 1. The second kappa shape index (κ2) is 6.00. The zero-order chi connectivity index (χ0) is 18.5. The lowest BCUT2D eigenvalue weighted by molar-refractivity contribution is 0.103. The zero-order valence-electron chi connectivity index (χ0n) is 14.5. The molecule has 0 saturated carbocycles. The number of alkyl halides is 1. The largest absolute Gasteiger partial charge is 0.493 e. The Bertz CT molecular complexity index is 1090. The average molecular weight is 409 g/mol. The molecule has 0 spiro atoms. The van der Waals surface area contributed by atoms with Gasteiger partial charge in [-0.05, 0) is 35.9 Å². The number of fused-ring (bicyclic) bond motifs is 4. The van der Waals surface area contributed by atoms with Gasteiger partial charge in [0.15, 0.2) is 5.78 Å². The normalized spacial score (nSPS) is 14.6. The van der Waals surface area contributed by atoms with Crippen molar-refractivity contribution in [3.05, 3.63) is 64.3 Å². The lowest BCUT2D eigenvalue weighted by Crippen LogP contribution is -2.30. The first-order chi connectivity index (χ1) is 12.5. The minimum Gasteiger partial charge on any atom is -0.493 e. The average Bonchev–Trinajstić information content (AvgIpc) is 3.04. The highest BCUT2D eigenvalue weighted by atomic mass is 79.9. The minimum atomic E-state index is -0.377. The van der Waals surface area contributed by atoms with Crippen molar-refractivity contribution in [1.29, 1.82) is 5.26 Å². The molecule has 1 aromatic heterocycles. The molecular weight excluding hydrogens is 392 g/mol. The number of ketones is 1. The highest BCUT2D eigenvalue weighted by Gasteiger charge is 2.39. The summed E-state index contributed by atoms with van der Waals surface area (Å²) < 4.78 is 5.72. The van der Waals surface area contributed by atoms with E-state index < -0.39 is 0 Å². The van der Waals surface area contributed by atoms with Crippen LogP contribution in [0.25, 0.3) is 10.9 Å². The van der Waals surface area contributed by atoms with Crippen LogP contribution in [0.5, 0.6) is 5.75 Å². The molecule has 0 bridgehead atoms. The van der Waals surface area contributed by atoms with Gasteiger partial charge in [-0.3, -0.25) is 4.79 Å². The van der Waals surface area contributed by atoms with Gasteiger partial charge in [-0.15, -0.1) is 0 Å². The van der Waals surface area contributed by atoms with E-state index >= 15 is 0 Å². The van der Waals surface area contributed by atoms with Crippen LogP contribution in [0.3, 0.4) is 0 Å². The van der Waals surface area contributed by atoms with Gasteiger partial charge in [0.2, 0.25) is 0 Å². The third-order valence-corrected chi connectivity index (χ3v) is 5.36. The fourth-order valence-corrected chi connectivity index (χ4v) is 3.89. The molecule has 1 aliphatic rings. The van der Waals surface area contributed by atoms with Crippen molar-refractivity contribution >= 4 is 32.6 Å². The van der Waals surface area contributed by atoms with Crippen molar-refractivity contribution in [2.24, 2.45) is 0 Å². The Morgan fingerprint density at radius 2 is 2.04 bits per heavy atom. The van der Waals surface area contributed by atoms with E-state index in [0.29, 0.717) is 23.3 Å². The number of aromatic nitrogens is 1. The maximum absolute atomic E-state index is 13.2. The molecule has 0 aliphatic heterocycles. The Kier molecular flexibility index (Phi) is 3.89. The SMILES string of the molecule is CC1(C)c2cc(OCCBr)ccc2C(=O)c2c1[nH]c1cc(C#N)ccc21. The van der Waals surface area contributed by atoms with Gasteiger partial charge in [0.05, 0.1) is 23.8 Å². The summed E-state index contributed by atoms with van der Waals surface area (Å²) in [4.78, 5) is 16.6. The number of ether oxygens (including phenoxy) is 1. The number of H-pyrrole nitrogens is 1. The highest BCUT2D eigenvalue weighted by molar-refractivity contribution is 9.09. The molecule has 26 heavy (non-hydrogen) atoms. The standard InChI is InChI=1S/C21H17BrN2O2/c1-21(2)16-10-13(26-8-7-22)4-6-14(16)19(25)18-15-5-3-12(11-23)9-17(15)24-20(18)21/h3-6,9-10,24H,7-8H2,1-2H3. The summed E-state index contributed by atoms with van der Waals surface area (Å²) in [7, 11) is 0. The molecule has 0 saturated heterocycles. The Balaban J connectivity index is 1.93. The predicted molar refractivity (Wildman–Crippen MR) is 104 cm³/mol. The monoisotopic (exact) mass is 408 g/mol. The van der Waals surface area contributed by atoms with Crippen LogP contribution in [0, 0.1) is 11.3 Å². The minimum absolute atomic E-state index is 0.0114. The van der Waals surface area contributed by atoms with Crippen molar-refractivity contribution in [2.75, 3.05) is 11.9 Å². The second-order valence-corrected chi connectivity index (χ2v) is 7.74. The molecule has 130 valence electrons. The number of nitrogens with zero attached hydrogens (tertiary/aromatic N) is 1. The molecule has 3 aromatic rings. The fourth-order valence-electron chi connectivity index (χ4n) is 3.73. The van der Waals surface area contributed by atoms with E-state index in [4.69, 9.17) is 10.00 Å². The topological polar surface area (TPSA) is 65.9 Å².